The maximum Gasteiger partial charge on any atom is 0.242 e. The summed E-state index contributed by atoms with van der Waals surface area (Å²) in [6, 6.07) is 0. The molecule has 2 heterocycles. The van der Waals surface area contributed by atoms with E-state index in [9.17, 15) is 0 Å². The van der Waals surface area contributed by atoms with E-state index in [4.69, 9.17) is 4.74 Å². The Bertz CT molecular complexity index is 403. The molecule has 0 amide bonds. The highest BCUT2D eigenvalue weighted by molar-refractivity contribution is 5.71. The molecular formula is C11H16N4O. The van der Waals surface area contributed by atoms with Gasteiger partial charge in [-0.15, -0.1) is 0 Å². The van der Waals surface area contributed by atoms with Crippen molar-refractivity contribution in [1.82, 2.24) is 9.97 Å². The third kappa shape index (κ3) is 1.38. The lowest BCUT2D eigenvalue weighted by atomic mass is 9.74. The smallest absolute Gasteiger partial charge is 0.242 e. The van der Waals surface area contributed by atoms with E-state index in [1.54, 1.807) is 13.4 Å². The largest absolute Gasteiger partial charge is 0.479 e. The first-order valence-corrected chi connectivity index (χ1v) is 5.74. The number of hydrogen-bond acceptors (Lipinski definition) is 5. The van der Waals surface area contributed by atoms with Gasteiger partial charge in [0.1, 0.15) is 12.0 Å². The molecule has 86 valence electrons. The number of nitrogens with one attached hydrogen (secondary N) is 2. The van der Waals surface area contributed by atoms with Gasteiger partial charge in [0, 0.05) is 12.1 Å². The Kier molecular flexibility index (Phi) is 2.12. The molecule has 5 nitrogen and oxygen atoms in total. The van der Waals surface area contributed by atoms with Crippen LogP contribution in [0.4, 0.5) is 11.5 Å². The zero-order chi connectivity index (χ0) is 11.0. The van der Waals surface area contributed by atoms with Crippen molar-refractivity contribution in [2.75, 3.05) is 24.3 Å². The third-order valence-electron chi connectivity index (χ3n) is 3.61. The second-order valence-electron chi connectivity index (χ2n) is 4.54. The molecule has 1 aliphatic carbocycles. The number of anilines is 2. The number of methoxy groups -OCH3 is 1. The second kappa shape index (κ2) is 3.50. The molecule has 1 saturated carbocycles. The van der Waals surface area contributed by atoms with Gasteiger partial charge in [0.05, 0.1) is 7.11 Å². The number of ether oxygens (including phenoxy) is 1. The van der Waals surface area contributed by atoms with E-state index in [-0.39, 0.29) is 5.54 Å². The molecule has 1 fully saturated rings. The van der Waals surface area contributed by atoms with E-state index in [0.29, 0.717) is 5.88 Å². The molecule has 5 heteroatoms. The van der Waals surface area contributed by atoms with Gasteiger partial charge in [-0.3, -0.25) is 0 Å². The van der Waals surface area contributed by atoms with Crippen LogP contribution in [-0.2, 0) is 0 Å². The van der Waals surface area contributed by atoms with Gasteiger partial charge in [0.2, 0.25) is 5.88 Å². The van der Waals surface area contributed by atoms with Gasteiger partial charge in [-0.05, 0) is 25.7 Å². The number of nitrogens with zero attached hydrogens (tertiary/aromatic N) is 2. The van der Waals surface area contributed by atoms with Crippen LogP contribution in [-0.4, -0.2) is 29.2 Å². The average Bonchev–Trinajstić information content (AvgIpc) is 2.46. The Hall–Kier alpha value is -1.52. The van der Waals surface area contributed by atoms with E-state index in [2.05, 4.69) is 20.6 Å². The molecule has 1 aromatic rings. The van der Waals surface area contributed by atoms with E-state index in [1.165, 1.54) is 19.3 Å². The minimum absolute atomic E-state index is 0.262. The normalized spacial score (nSPS) is 21.1. The van der Waals surface area contributed by atoms with E-state index < -0.39 is 0 Å². The van der Waals surface area contributed by atoms with Crippen molar-refractivity contribution >= 4 is 11.5 Å². The molecule has 16 heavy (non-hydrogen) atoms. The number of hydrogen-bond donors (Lipinski definition) is 2. The van der Waals surface area contributed by atoms with Gasteiger partial charge < -0.3 is 15.4 Å². The van der Waals surface area contributed by atoms with Crippen LogP contribution in [0.2, 0.25) is 0 Å². The van der Waals surface area contributed by atoms with Crippen LogP contribution in [0.25, 0.3) is 0 Å². The van der Waals surface area contributed by atoms with Crippen molar-refractivity contribution in [2.24, 2.45) is 0 Å². The van der Waals surface area contributed by atoms with Crippen molar-refractivity contribution in [3.05, 3.63) is 6.33 Å². The van der Waals surface area contributed by atoms with Crippen LogP contribution in [0.3, 0.4) is 0 Å². The highest BCUT2D eigenvalue weighted by atomic mass is 16.5. The topological polar surface area (TPSA) is 59.1 Å². The average molecular weight is 220 g/mol. The van der Waals surface area contributed by atoms with Crippen molar-refractivity contribution in [3.63, 3.8) is 0 Å². The molecule has 0 radical (unpaired) electrons. The molecule has 1 aliphatic heterocycles. The Morgan fingerprint density at radius 1 is 1.31 bits per heavy atom. The Morgan fingerprint density at radius 2 is 2.19 bits per heavy atom. The summed E-state index contributed by atoms with van der Waals surface area (Å²) >= 11 is 0. The fourth-order valence-corrected chi connectivity index (χ4v) is 2.50. The monoisotopic (exact) mass is 220 g/mol. The zero-order valence-electron chi connectivity index (χ0n) is 9.42. The summed E-state index contributed by atoms with van der Waals surface area (Å²) in [7, 11) is 1.63. The molecule has 2 aliphatic rings. The van der Waals surface area contributed by atoms with Crippen LogP contribution < -0.4 is 15.4 Å². The van der Waals surface area contributed by atoms with Gasteiger partial charge in [-0.25, -0.2) is 4.98 Å². The van der Waals surface area contributed by atoms with Crippen LogP contribution in [0.1, 0.15) is 25.7 Å². The fraction of sp³-hybridized carbons (Fsp3) is 0.636. The second-order valence-corrected chi connectivity index (χ2v) is 4.54. The standard InChI is InChI=1S/C11H16N4O/c1-16-10-8-9(13-7-14-10)15-11(3-2-4-11)5-6-12-8/h7,12H,2-6H2,1H3,(H,13,14,15). The molecule has 3 rings (SSSR count). The summed E-state index contributed by atoms with van der Waals surface area (Å²) in [6.07, 6.45) is 6.46. The van der Waals surface area contributed by atoms with Crippen molar-refractivity contribution in [2.45, 2.75) is 31.2 Å². The highest BCUT2D eigenvalue weighted by Crippen LogP contribution is 2.42. The maximum absolute atomic E-state index is 5.23. The Balaban J connectivity index is 1.97. The summed E-state index contributed by atoms with van der Waals surface area (Å²) < 4.78 is 5.23. The predicted molar refractivity (Wildman–Crippen MR) is 61.9 cm³/mol. The molecule has 0 atom stereocenters. The first-order chi connectivity index (χ1) is 7.83. The third-order valence-corrected chi connectivity index (χ3v) is 3.61. The quantitative estimate of drug-likeness (QED) is 0.753. The zero-order valence-corrected chi connectivity index (χ0v) is 9.42. The maximum atomic E-state index is 5.23. The summed E-state index contributed by atoms with van der Waals surface area (Å²) in [6.45, 7) is 0.948. The Labute approximate surface area is 94.6 Å². The van der Waals surface area contributed by atoms with Gasteiger partial charge in [0.25, 0.3) is 0 Å². The van der Waals surface area contributed by atoms with Crippen LogP contribution >= 0.6 is 0 Å². The van der Waals surface area contributed by atoms with Gasteiger partial charge in [-0.1, -0.05) is 0 Å². The molecule has 1 spiro atoms. The number of aromatic nitrogens is 2. The SMILES string of the molecule is COc1ncnc2c1NCCC1(CCC1)N2. The summed E-state index contributed by atoms with van der Waals surface area (Å²) in [5.74, 6) is 1.50. The molecule has 0 unspecified atom stereocenters. The molecule has 0 aromatic carbocycles. The van der Waals surface area contributed by atoms with E-state index in [1.807, 2.05) is 0 Å². The molecule has 0 bridgehead atoms. The lowest BCUT2D eigenvalue weighted by Crippen LogP contribution is -2.45. The number of rotatable bonds is 1. The van der Waals surface area contributed by atoms with E-state index >= 15 is 0 Å². The highest BCUT2D eigenvalue weighted by Gasteiger charge is 2.39. The van der Waals surface area contributed by atoms with Crippen LogP contribution in [0.15, 0.2) is 6.33 Å². The molecule has 2 N–H and O–H groups in total. The van der Waals surface area contributed by atoms with Gasteiger partial charge in [0.15, 0.2) is 5.82 Å². The van der Waals surface area contributed by atoms with Gasteiger partial charge >= 0.3 is 0 Å². The first kappa shape index (κ1) is 9.69. The lowest BCUT2D eigenvalue weighted by molar-refractivity contribution is 0.267. The van der Waals surface area contributed by atoms with E-state index in [0.717, 1.165) is 24.5 Å². The molecule has 1 aromatic heterocycles. The predicted octanol–water partition coefficient (Wildman–Crippen LogP) is 1.64. The van der Waals surface area contributed by atoms with Crippen LogP contribution in [0.5, 0.6) is 5.88 Å². The lowest BCUT2D eigenvalue weighted by Gasteiger charge is -2.42. The minimum atomic E-state index is 0.262. The van der Waals surface area contributed by atoms with Gasteiger partial charge in [-0.2, -0.15) is 4.98 Å². The molecule has 0 saturated heterocycles. The summed E-state index contributed by atoms with van der Waals surface area (Å²) in [5.41, 5.74) is 1.16. The summed E-state index contributed by atoms with van der Waals surface area (Å²) in [5, 5.41) is 6.91. The minimum Gasteiger partial charge on any atom is -0.479 e. The van der Waals surface area contributed by atoms with Crippen molar-refractivity contribution in [3.8, 4) is 5.88 Å². The van der Waals surface area contributed by atoms with Crippen LogP contribution in [0, 0.1) is 0 Å². The van der Waals surface area contributed by atoms with Crippen molar-refractivity contribution in [1.29, 1.82) is 0 Å². The first-order valence-electron chi connectivity index (χ1n) is 5.74. The molecular weight excluding hydrogens is 204 g/mol. The van der Waals surface area contributed by atoms with Crippen molar-refractivity contribution < 1.29 is 4.74 Å². The Morgan fingerprint density at radius 3 is 2.88 bits per heavy atom. The summed E-state index contributed by atoms with van der Waals surface area (Å²) in [4.78, 5) is 8.41. The fourth-order valence-electron chi connectivity index (χ4n) is 2.50. The number of fused-ring (bicyclic) bond motifs is 1.